The van der Waals surface area contributed by atoms with Gasteiger partial charge in [-0.05, 0) is 23.3 Å². The van der Waals surface area contributed by atoms with E-state index in [9.17, 15) is 9.59 Å². The molecular weight excluding hydrogens is 442 g/mol. The molecular formula is C25H25NO4S2. The number of hydrogen-bond donors (Lipinski definition) is 0. The van der Waals surface area contributed by atoms with Crippen molar-refractivity contribution in [3.8, 4) is 11.8 Å². The molecule has 2 aromatic carbocycles. The number of ether oxygens (including phenoxy) is 2. The molecule has 2 aromatic rings. The molecule has 0 N–H and O–H groups in total. The van der Waals surface area contributed by atoms with Gasteiger partial charge in [-0.25, -0.2) is 0 Å². The van der Waals surface area contributed by atoms with Gasteiger partial charge in [0.2, 0.25) is 16.2 Å². The van der Waals surface area contributed by atoms with E-state index in [1.165, 1.54) is 12.0 Å². The number of imide groups is 1. The summed E-state index contributed by atoms with van der Waals surface area (Å²) in [6.45, 7) is 1.29. The Morgan fingerprint density at radius 2 is 1.66 bits per heavy atom. The standard InChI is InChI=1S/C25H25NO4S2/c1-29-25(31)32-22-21(15-9-4-10-16-30-18-20-13-7-3-8-14-20)23(27)26(24(22)28)17-19-11-5-2-6-12-19/h2-3,5-8,11-14,21-22H,10,15-18H2,1H3/t21-,22-/m1/s1. The van der Waals surface area contributed by atoms with Crippen LogP contribution in [0.5, 0.6) is 0 Å². The molecule has 0 aromatic heterocycles. The van der Waals surface area contributed by atoms with Crippen molar-refractivity contribution in [3.05, 3.63) is 71.8 Å². The monoisotopic (exact) mass is 467 g/mol. The third kappa shape index (κ3) is 6.67. The van der Waals surface area contributed by atoms with Crippen LogP contribution in [0.1, 0.15) is 24.0 Å². The van der Waals surface area contributed by atoms with Crippen molar-refractivity contribution >= 4 is 40.2 Å². The number of thiocarbonyl (C=S) groups is 1. The second kappa shape index (κ2) is 12.4. The Morgan fingerprint density at radius 3 is 2.31 bits per heavy atom. The third-order valence-corrected chi connectivity index (χ3v) is 6.56. The summed E-state index contributed by atoms with van der Waals surface area (Å²) < 4.78 is 10.9. The molecule has 0 radical (unpaired) electrons. The van der Waals surface area contributed by atoms with Gasteiger partial charge >= 0.3 is 0 Å². The van der Waals surface area contributed by atoms with Crippen molar-refractivity contribution in [2.75, 3.05) is 13.7 Å². The lowest BCUT2D eigenvalue weighted by Gasteiger charge is -2.14. The van der Waals surface area contributed by atoms with Crippen molar-refractivity contribution in [2.24, 2.45) is 5.92 Å². The fourth-order valence-corrected chi connectivity index (χ4v) is 4.54. The molecule has 1 aliphatic heterocycles. The summed E-state index contributed by atoms with van der Waals surface area (Å²) in [5, 5.41) is -0.623. The Kier molecular flexibility index (Phi) is 9.29. The highest BCUT2D eigenvalue weighted by Gasteiger charge is 2.48. The van der Waals surface area contributed by atoms with Gasteiger partial charge in [0.1, 0.15) is 5.25 Å². The Morgan fingerprint density at radius 1 is 1.00 bits per heavy atom. The number of rotatable bonds is 8. The maximum Gasteiger partial charge on any atom is 0.243 e. The topological polar surface area (TPSA) is 55.8 Å². The zero-order valence-corrected chi connectivity index (χ0v) is 19.5. The van der Waals surface area contributed by atoms with Crippen LogP contribution in [0.25, 0.3) is 0 Å². The molecule has 1 aliphatic rings. The maximum atomic E-state index is 13.0. The fourth-order valence-electron chi connectivity index (χ4n) is 3.32. The lowest BCUT2D eigenvalue weighted by atomic mass is 10.0. The summed E-state index contributed by atoms with van der Waals surface area (Å²) in [6.07, 6.45) is 0.849. The average Bonchev–Trinajstić information content (AvgIpc) is 3.03. The number of carbonyl (C=O) groups excluding carboxylic acids is 2. The number of thioether (sulfide) groups is 1. The van der Waals surface area contributed by atoms with Crippen molar-refractivity contribution < 1.29 is 19.1 Å². The Bertz CT molecular complexity index is 985. The van der Waals surface area contributed by atoms with Crippen molar-refractivity contribution in [2.45, 2.75) is 31.2 Å². The van der Waals surface area contributed by atoms with E-state index in [0.717, 1.165) is 22.9 Å². The van der Waals surface area contributed by atoms with E-state index in [1.807, 2.05) is 60.7 Å². The molecule has 0 bridgehead atoms. The highest BCUT2D eigenvalue weighted by atomic mass is 32.2. The molecule has 3 rings (SSSR count). The summed E-state index contributed by atoms with van der Waals surface area (Å²) in [7, 11) is 1.46. The molecule has 166 valence electrons. The molecule has 0 spiro atoms. The van der Waals surface area contributed by atoms with E-state index < -0.39 is 11.2 Å². The first-order chi connectivity index (χ1) is 15.6. The Labute approximate surface area is 198 Å². The van der Waals surface area contributed by atoms with Gasteiger partial charge in [0, 0.05) is 12.8 Å². The van der Waals surface area contributed by atoms with Crippen LogP contribution in [-0.4, -0.2) is 40.1 Å². The summed E-state index contributed by atoms with van der Waals surface area (Å²) in [6, 6.07) is 19.4. The molecule has 1 saturated heterocycles. The second-order valence-corrected chi connectivity index (χ2v) is 8.94. The minimum absolute atomic E-state index is 0.218. The minimum atomic E-state index is -0.623. The number of carbonyl (C=O) groups is 2. The van der Waals surface area contributed by atoms with Gasteiger partial charge in [0.15, 0.2) is 0 Å². The molecule has 1 fully saturated rings. The normalized spacial score (nSPS) is 17.7. The van der Waals surface area contributed by atoms with E-state index in [4.69, 9.17) is 21.7 Å². The second-order valence-electron chi connectivity index (χ2n) is 7.19. The number of amides is 2. The number of nitrogens with zero attached hydrogens (tertiary/aromatic N) is 1. The van der Waals surface area contributed by atoms with E-state index >= 15 is 0 Å². The van der Waals surface area contributed by atoms with E-state index in [-0.39, 0.29) is 22.7 Å². The molecule has 2 atom stereocenters. The first-order valence-electron chi connectivity index (χ1n) is 10.3. The van der Waals surface area contributed by atoms with Gasteiger partial charge in [-0.3, -0.25) is 14.5 Å². The molecule has 0 unspecified atom stereocenters. The van der Waals surface area contributed by atoms with Crippen molar-refractivity contribution in [3.63, 3.8) is 0 Å². The van der Waals surface area contributed by atoms with Crippen LogP contribution >= 0.6 is 24.0 Å². The molecule has 5 nitrogen and oxygen atoms in total. The molecule has 1 heterocycles. The van der Waals surface area contributed by atoms with Crippen LogP contribution in [0.3, 0.4) is 0 Å². The lowest BCUT2D eigenvalue weighted by molar-refractivity contribution is -0.139. The summed E-state index contributed by atoms with van der Waals surface area (Å²) in [5.41, 5.74) is 2.01. The van der Waals surface area contributed by atoms with Crippen molar-refractivity contribution in [1.82, 2.24) is 4.90 Å². The minimum Gasteiger partial charge on any atom is -0.482 e. The van der Waals surface area contributed by atoms with Crippen LogP contribution in [0, 0.1) is 17.8 Å². The zero-order chi connectivity index (χ0) is 22.8. The first kappa shape index (κ1) is 24.0. The van der Waals surface area contributed by atoms with Crippen molar-refractivity contribution in [1.29, 1.82) is 0 Å². The van der Waals surface area contributed by atoms with Gasteiger partial charge in [-0.2, -0.15) is 0 Å². The van der Waals surface area contributed by atoms with Gasteiger partial charge in [-0.1, -0.05) is 72.4 Å². The predicted octanol–water partition coefficient (Wildman–Crippen LogP) is 4.21. The van der Waals surface area contributed by atoms with Gasteiger partial charge < -0.3 is 9.47 Å². The van der Waals surface area contributed by atoms with Crippen LogP contribution in [-0.2, 0) is 32.2 Å². The van der Waals surface area contributed by atoms with Gasteiger partial charge in [0.25, 0.3) is 0 Å². The summed E-state index contributed by atoms with van der Waals surface area (Å²) in [5.74, 6) is 5.09. The number of likely N-dealkylation sites (tertiary alicyclic amines) is 1. The first-order valence-corrected chi connectivity index (χ1v) is 11.6. The van der Waals surface area contributed by atoms with Gasteiger partial charge in [-0.15, -0.1) is 11.8 Å². The molecule has 7 heteroatoms. The van der Waals surface area contributed by atoms with Gasteiger partial charge in [0.05, 0.1) is 32.8 Å². The van der Waals surface area contributed by atoms with Crippen LogP contribution in [0.4, 0.5) is 0 Å². The van der Waals surface area contributed by atoms with Crippen LogP contribution in [0.2, 0.25) is 0 Å². The fraction of sp³-hybridized carbons (Fsp3) is 0.320. The van der Waals surface area contributed by atoms with Crippen LogP contribution in [0.15, 0.2) is 60.7 Å². The Balaban J connectivity index is 1.57. The smallest absolute Gasteiger partial charge is 0.243 e. The van der Waals surface area contributed by atoms with E-state index in [2.05, 4.69) is 11.8 Å². The SMILES string of the molecule is COC(=S)S[C@H]1C(=O)N(Cc2ccccc2)C(=O)[C@@H]1CC#CCCOCc1ccccc1. The molecule has 0 saturated carbocycles. The number of benzene rings is 2. The quantitative estimate of drug-likeness (QED) is 0.251. The highest BCUT2D eigenvalue weighted by molar-refractivity contribution is 8.23. The number of hydrogen-bond acceptors (Lipinski definition) is 6. The predicted molar refractivity (Wildman–Crippen MR) is 130 cm³/mol. The lowest BCUT2D eigenvalue weighted by Crippen LogP contribution is -2.31. The average molecular weight is 468 g/mol. The highest BCUT2D eigenvalue weighted by Crippen LogP contribution is 2.34. The van der Waals surface area contributed by atoms with E-state index in [0.29, 0.717) is 26.1 Å². The zero-order valence-electron chi connectivity index (χ0n) is 17.9. The molecule has 0 aliphatic carbocycles. The molecule has 2 amide bonds. The summed E-state index contributed by atoms with van der Waals surface area (Å²) >= 11 is 6.25. The Hall–Kier alpha value is -2.66. The van der Waals surface area contributed by atoms with Crippen LogP contribution < -0.4 is 0 Å². The molecule has 32 heavy (non-hydrogen) atoms. The third-order valence-electron chi connectivity index (χ3n) is 4.96. The maximum absolute atomic E-state index is 13.0. The number of methoxy groups -OCH3 is 1. The summed E-state index contributed by atoms with van der Waals surface area (Å²) in [4.78, 5) is 27.3. The van der Waals surface area contributed by atoms with E-state index in [1.54, 1.807) is 0 Å². The largest absolute Gasteiger partial charge is 0.482 e.